The number of pyridine rings is 1. The van der Waals surface area contributed by atoms with E-state index in [1.165, 1.54) is 49.8 Å². The molecule has 8 heteroatoms. The molecule has 0 bridgehead atoms. The maximum atomic E-state index is 11.8. The average molecular weight is 505 g/mol. The standard InChI is InChI=1S/C27H28N4O2S2/c32-26-24(35-27(33)31-26)16-22-11-13-28-25(30-22)15-19-9-7-18(8-10-19)3-1-4-21-5-2-6-23(29-21)20-12-14-34-17-20/h2,5-6,11-14,16-19H,1,3-4,7-10,15H2,(H,31,32,33)/b24-16-. The number of hydrogen-bond acceptors (Lipinski definition) is 7. The molecule has 1 N–H and O–H groups in total. The van der Waals surface area contributed by atoms with Crippen LogP contribution in [0.1, 0.15) is 55.7 Å². The quantitative estimate of drug-likeness (QED) is 0.363. The minimum absolute atomic E-state index is 0.338. The monoisotopic (exact) mass is 504 g/mol. The van der Waals surface area contributed by atoms with Gasteiger partial charge in [-0.25, -0.2) is 9.97 Å². The number of carbonyl (C=O) groups is 2. The molecule has 35 heavy (non-hydrogen) atoms. The Morgan fingerprint density at radius 3 is 2.66 bits per heavy atom. The van der Waals surface area contributed by atoms with Crippen molar-refractivity contribution < 1.29 is 9.59 Å². The van der Waals surface area contributed by atoms with E-state index in [0.29, 0.717) is 16.5 Å². The lowest BCUT2D eigenvalue weighted by Gasteiger charge is -2.28. The first-order chi connectivity index (χ1) is 17.1. The minimum Gasteiger partial charge on any atom is -0.282 e. The van der Waals surface area contributed by atoms with Gasteiger partial charge in [-0.1, -0.05) is 25.3 Å². The zero-order valence-corrected chi connectivity index (χ0v) is 21.1. The molecule has 0 atom stereocenters. The van der Waals surface area contributed by atoms with Crippen molar-refractivity contribution in [2.45, 2.75) is 51.4 Å². The van der Waals surface area contributed by atoms with Crippen LogP contribution in [0.5, 0.6) is 0 Å². The summed E-state index contributed by atoms with van der Waals surface area (Å²) in [5.74, 6) is 1.85. The van der Waals surface area contributed by atoms with Crippen molar-refractivity contribution in [3.63, 3.8) is 0 Å². The Balaban J connectivity index is 1.07. The average Bonchev–Trinajstić information content (AvgIpc) is 3.51. The third-order valence-electron chi connectivity index (χ3n) is 6.75. The van der Waals surface area contributed by atoms with Gasteiger partial charge in [-0.3, -0.25) is 19.9 Å². The molecule has 2 fully saturated rings. The number of nitrogens with zero attached hydrogens (tertiary/aromatic N) is 3. The number of hydrogen-bond donors (Lipinski definition) is 1. The van der Waals surface area contributed by atoms with Crippen molar-refractivity contribution in [1.29, 1.82) is 0 Å². The molecule has 1 aliphatic heterocycles. The Morgan fingerprint density at radius 1 is 1.03 bits per heavy atom. The van der Waals surface area contributed by atoms with E-state index in [4.69, 9.17) is 4.98 Å². The first-order valence-electron chi connectivity index (χ1n) is 12.2. The molecule has 1 aliphatic carbocycles. The molecule has 3 aromatic rings. The summed E-state index contributed by atoms with van der Waals surface area (Å²) >= 11 is 2.62. The summed E-state index contributed by atoms with van der Waals surface area (Å²) < 4.78 is 0. The zero-order valence-electron chi connectivity index (χ0n) is 19.5. The second-order valence-corrected chi connectivity index (χ2v) is 11.1. The molecule has 4 heterocycles. The van der Waals surface area contributed by atoms with Crippen LogP contribution in [0.2, 0.25) is 0 Å². The lowest BCUT2D eigenvalue weighted by molar-refractivity contribution is -0.115. The van der Waals surface area contributed by atoms with Crippen LogP contribution >= 0.6 is 23.1 Å². The topological polar surface area (TPSA) is 84.8 Å². The fourth-order valence-electron chi connectivity index (χ4n) is 4.89. The second kappa shape index (κ2) is 11.3. The molecule has 0 aromatic carbocycles. The normalized spacial score (nSPS) is 21.4. The summed E-state index contributed by atoms with van der Waals surface area (Å²) in [7, 11) is 0. The van der Waals surface area contributed by atoms with E-state index in [1.54, 1.807) is 29.7 Å². The number of rotatable bonds is 8. The van der Waals surface area contributed by atoms with E-state index >= 15 is 0 Å². The van der Waals surface area contributed by atoms with Gasteiger partial charge in [0, 0.05) is 29.3 Å². The molecule has 0 unspecified atom stereocenters. The zero-order chi connectivity index (χ0) is 24.0. The van der Waals surface area contributed by atoms with E-state index in [1.807, 2.05) is 0 Å². The van der Waals surface area contributed by atoms with Gasteiger partial charge < -0.3 is 0 Å². The lowest BCUT2D eigenvalue weighted by atomic mass is 9.78. The van der Waals surface area contributed by atoms with Crippen LogP contribution in [0.25, 0.3) is 17.3 Å². The highest BCUT2D eigenvalue weighted by atomic mass is 32.2. The van der Waals surface area contributed by atoms with Crippen LogP contribution < -0.4 is 5.32 Å². The van der Waals surface area contributed by atoms with Gasteiger partial charge in [0.1, 0.15) is 5.82 Å². The Kier molecular flexibility index (Phi) is 7.69. The number of amides is 2. The molecular weight excluding hydrogens is 476 g/mol. The van der Waals surface area contributed by atoms with Crippen LogP contribution in [0.3, 0.4) is 0 Å². The van der Waals surface area contributed by atoms with E-state index in [0.717, 1.165) is 42.0 Å². The molecule has 0 radical (unpaired) electrons. The van der Waals surface area contributed by atoms with Crippen LogP contribution in [0, 0.1) is 11.8 Å². The number of aromatic nitrogens is 3. The molecule has 180 valence electrons. The SMILES string of the molecule is O=C1NC(=O)/C(=C/c2ccnc(CC3CCC(CCCc4cccc(-c5ccsc5)n4)CC3)n2)S1. The Bertz CT molecular complexity index is 1220. The van der Waals surface area contributed by atoms with Crippen molar-refractivity contribution >= 4 is 40.3 Å². The third-order valence-corrected chi connectivity index (χ3v) is 8.25. The highest BCUT2D eigenvalue weighted by Crippen LogP contribution is 2.33. The van der Waals surface area contributed by atoms with Gasteiger partial charge in [0.25, 0.3) is 11.1 Å². The molecule has 6 nitrogen and oxygen atoms in total. The number of nitrogens with one attached hydrogen (secondary N) is 1. The number of thioether (sulfide) groups is 1. The Labute approximate surface area is 213 Å². The third kappa shape index (κ3) is 6.44. The molecule has 1 saturated heterocycles. The largest absolute Gasteiger partial charge is 0.290 e. The summed E-state index contributed by atoms with van der Waals surface area (Å²) in [4.78, 5) is 37.4. The van der Waals surface area contributed by atoms with Crippen LogP contribution in [-0.4, -0.2) is 26.1 Å². The van der Waals surface area contributed by atoms with Gasteiger partial charge in [0.2, 0.25) is 0 Å². The van der Waals surface area contributed by atoms with Gasteiger partial charge in [-0.15, -0.1) is 0 Å². The van der Waals surface area contributed by atoms with Crippen molar-refractivity contribution in [3.05, 3.63) is 69.4 Å². The fourth-order valence-corrected chi connectivity index (χ4v) is 6.21. The summed E-state index contributed by atoms with van der Waals surface area (Å²) in [6.07, 6.45) is 12.7. The molecule has 1 saturated carbocycles. The maximum absolute atomic E-state index is 11.8. The van der Waals surface area contributed by atoms with Gasteiger partial charge in [0.05, 0.1) is 16.3 Å². The van der Waals surface area contributed by atoms with E-state index in [-0.39, 0.29) is 11.1 Å². The van der Waals surface area contributed by atoms with Gasteiger partial charge in [-0.2, -0.15) is 11.3 Å². The van der Waals surface area contributed by atoms with Crippen molar-refractivity contribution in [2.75, 3.05) is 0 Å². The number of thiophene rings is 1. The lowest BCUT2D eigenvalue weighted by Crippen LogP contribution is -2.18. The number of imide groups is 1. The fraction of sp³-hybridized carbons (Fsp3) is 0.370. The van der Waals surface area contributed by atoms with Gasteiger partial charge in [-0.05, 0) is 85.0 Å². The Hall–Kier alpha value is -2.84. The summed E-state index contributed by atoms with van der Waals surface area (Å²) in [5, 5.41) is 6.18. The van der Waals surface area contributed by atoms with Crippen molar-refractivity contribution in [3.8, 4) is 11.3 Å². The molecular formula is C27H28N4O2S2. The molecule has 5 rings (SSSR count). The summed E-state index contributed by atoms with van der Waals surface area (Å²) in [5.41, 5.74) is 4.14. The van der Waals surface area contributed by atoms with Crippen molar-refractivity contribution in [1.82, 2.24) is 20.3 Å². The van der Waals surface area contributed by atoms with E-state index in [9.17, 15) is 9.59 Å². The summed E-state index contributed by atoms with van der Waals surface area (Å²) in [6.45, 7) is 0. The van der Waals surface area contributed by atoms with Gasteiger partial charge in [0.15, 0.2) is 0 Å². The number of aryl methyl sites for hydroxylation is 1. The second-order valence-electron chi connectivity index (χ2n) is 9.26. The predicted molar refractivity (Wildman–Crippen MR) is 141 cm³/mol. The highest BCUT2D eigenvalue weighted by molar-refractivity contribution is 8.18. The molecule has 2 aliphatic rings. The van der Waals surface area contributed by atoms with Crippen LogP contribution in [0.4, 0.5) is 4.79 Å². The molecule has 2 amide bonds. The van der Waals surface area contributed by atoms with Crippen molar-refractivity contribution in [2.24, 2.45) is 11.8 Å². The smallest absolute Gasteiger partial charge is 0.282 e. The van der Waals surface area contributed by atoms with E-state index < -0.39 is 0 Å². The van der Waals surface area contributed by atoms with Crippen LogP contribution in [0.15, 0.2) is 52.2 Å². The van der Waals surface area contributed by atoms with Gasteiger partial charge >= 0.3 is 0 Å². The predicted octanol–water partition coefficient (Wildman–Crippen LogP) is 6.30. The molecule has 0 spiro atoms. The maximum Gasteiger partial charge on any atom is 0.290 e. The Morgan fingerprint density at radius 2 is 1.89 bits per heavy atom. The molecule has 3 aromatic heterocycles. The number of carbonyl (C=O) groups excluding carboxylic acids is 2. The highest BCUT2D eigenvalue weighted by Gasteiger charge is 2.25. The summed E-state index contributed by atoms with van der Waals surface area (Å²) in [6, 6.07) is 10.3. The van der Waals surface area contributed by atoms with Crippen LogP contribution in [-0.2, 0) is 17.6 Å². The minimum atomic E-state index is -0.357. The van der Waals surface area contributed by atoms with E-state index in [2.05, 4.69) is 50.3 Å². The first-order valence-corrected chi connectivity index (χ1v) is 13.9. The first kappa shape index (κ1) is 23.9.